The number of carbonyl (C=O) groups is 1. The van der Waals surface area contributed by atoms with Crippen molar-refractivity contribution in [2.45, 2.75) is 20.0 Å². The Bertz CT molecular complexity index is 691. The van der Waals surface area contributed by atoms with Gasteiger partial charge in [-0.2, -0.15) is 0 Å². The second kappa shape index (κ2) is 5.66. The molecule has 0 saturated carbocycles. The number of furan rings is 1. The molecule has 1 unspecified atom stereocenters. The first-order valence-electron chi connectivity index (χ1n) is 6.13. The van der Waals surface area contributed by atoms with E-state index in [4.69, 9.17) is 14.3 Å². The van der Waals surface area contributed by atoms with Crippen LogP contribution in [0.4, 0.5) is 5.69 Å². The van der Waals surface area contributed by atoms with Gasteiger partial charge in [-0.15, -0.1) is 0 Å². The van der Waals surface area contributed by atoms with Crippen LogP contribution in [0.3, 0.4) is 0 Å². The monoisotopic (exact) mass is 291 g/mol. The van der Waals surface area contributed by atoms with Crippen LogP contribution in [0.1, 0.15) is 34.9 Å². The minimum Gasteiger partial charge on any atom is -0.476 e. The minimum absolute atomic E-state index is 0.103. The van der Waals surface area contributed by atoms with Gasteiger partial charge in [0, 0.05) is 6.07 Å². The summed E-state index contributed by atoms with van der Waals surface area (Å²) in [4.78, 5) is 21.2. The van der Waals surface area contributed by atoms with Crippen LogP contribution in [-0.2, 0) is 0 Å². The molecule has 0 aliphatic carbocycles. The van der Waals surface area contributed by atoms with Crippen molar-refractivity contribution in [3.8, 4) is 5.75 Å². The van der Waals surface area contributed by atoms with Crippen molar-refractivity contribution in [1.29, 1.82) is 0 Å². The van der Waals surface area contributed by atoms with Gasteiger partial charge in [-0.3, -0.25) is 10.1 Å². The summed E-state index contributed by atoms with van der Waals surface area (Å²) in [6, 6.07) is 7.38. The minimum atomic E-state index is -1.19. The molecule has 0 amide bonds. The molecule has 0 fully saturated rings. The van der Waals surface area contributed by atoms with Gasteiger partial charge in [-0.05, 0) is 37.6 Å². The Morgan fingerprint density at radius 3 is 2.67 bits per heavy atom. The van der Waals surface area contributed by atoms with E-state index in [1.54, 1.807) is 19.9 Å². The lowest BCUT2D eigenvalue weighted by Gasteiger charge is -2.12. The summed E-state index contributed by atoms with van der Waals surface area (Å²) < 4.78 is 10.6. The Hall–Kier alpha value is -2.83. The summed E-state index contributed by atoms with van der Waals surface area (Å²) in [5.74, 6) is -1.01. The van der Waals surface area contributed by atoms with E-state index >= 15 is 0 Å². The number of ether oxygens (including phenoxy) is 1. The zero-order valence-electron chi connectivity index (χ0n) is 11.4. The summed E-state index contributed by atoms with van der Waals surface area (Å²) >= 11 is 0. The summed E-state index contributed by atoms with van der Waals surface area (Å²) in [6.07, 6.45) is -0.653. The van der Waals surface area contributed by atoms with Crippen molar-refractivity contribution in [2.75, 3.05) is 0 Å². The summed E-state index contributed by atoms with van der Waals surface area (Å²) in [7, 11) is 0. The standard InChI is InChI=1S/C14H13NO6/c1-8-3-4-12(10(7-8)15(18)19)20-9(2)11-5-6-13(21-11)14(16)17/h3-7,9H,1-2H3,(H,16,17). The SMILES string of the molecule is Cc1ccc(OC(C)c2ccc(C(=O)O)o2)c([N+](=O)[O-])c1. The third kappa shape index (κ3) is 3.19. The van der Waals surface area contributed by atoms with Gasteiger partial charge < -0.3 is 14.3 Å². The molecular weight excluding hydrogens is 278 g/mol. The highest BCUT2D eigenvalue weighted by Crippen LogP contribution is 2.32. The van der Waals surface area contributed by atoms with Crippen molar-refractivity contribution in [1.82, 2.24) is 0 Å². The lowest BCUT2D eigenvalue weighted by molar-refractivity contribution is -0.386. The van der Waals surface area contributed by atoms with Crippen molar-refractivity contribution in [3.63, 3.8) is 0 Å². The van der Waals surface area contributed by atoms with Gasteiger partial charge >= 0.3 is 11.7 Å². The molecule has 0 spiro atoms. The molecule has 0 aliphatic heterocycles. The fourth-order valence-corrected chi connectivity index (χ4v) is 1.80. The maximum atomic E-state index is 11.0. The first kappa shape index (κ1) is 14.6. The third-order valence-corrected chi connectivity index (χ3v) is 2.85. The smallest absolute Gasteiger partial charge is 0.371 e. The highest BCUT2D eigenvalue weighted by atomic mass is 16.6. The van der Waals surface area contributed by atoms with E-state index < -0.39 is 17.0 Å². The van der Waals surface area contributed by atoms with Crippen molar-refractivity contribution < 1.29 is 24.0 Å². The molecular formula is C14H13NO6. The van der Waals surface area contributed by atoms with Crippen LogP contribution in [-0.4, -0.2) is 16.0 Å². The number of hydrogen-bond acceptors (Lipinski definition) is 5. The van der Waals surface area contributed by atoms with E-state index in [9.17, 15) is 14.9 Å². The van der Waals surface area contributed by atoms with Gasteiger partial charge in [-0.25, -0.2) is 4.79 Å². The van der Waals surface area contributed by atoms with Crippen LogP contribution in [0.25, 0.3) is 0 Å². The molecule has 1 N–H and O–H groups in total. The average Bonchev–Trinajstić information content (AvgIpc) is 2.90. The molecule has 1 atom stereocenters. The normalized spacial score (nSPS) is 11.9. The number of nitro benzene ring substituents is 1. The molecule has 0 aliphatic rings. The highest BCUT2D eigenvalue weighted by Gasteiger charge is 2.20. The average molecular weight is 291 g/mol. The highest BCUT2D eigenvalue weighted by molar-refractivity contribution is 5.84. The fourth-order valence-electron chi connectivity index (χ4n) is 1.80. The van der Waals surface area contributed by atoms with Gasteiger partial charge in [0.25, 0.3) is 0 Å². The number of rotatable bonds is 5. The Morgan fingerprint density at radius 1 is 1.38 bits per heavy atom. The van der Waals surface area contributed by atoms with Gasteiger partial charge in [-0.1, -0.05) is 6.07 Å². The van der Waals surface area contributed by atoms with Crippen LogP contribution in [0.15, 0.2) is 34.7 Å². The number of benzene rings is 1. The van der Waals surface area contributed by atoms with E-state index in [-0.39, 0.29) is 23.0 Å². The molecule has 7 heteroatoms. The van der Waals surface area contributed by atoms with Crippen molar-refractivity contribution in [2.24, 2.45) is 0 Å². The number of hydrogen-bond donors (Lipinski definition) is 1. The summed E-state index contributed by atoms with van der Waals surface area (Å²) in [6.45, 7) is 3.36. The van der Waals surface area contributed by atoms with Crippen LogP contribution in [0.5, 0.6) is 5.75 Å². The largest absolute Gasteiger partial charge is 0.476 e. The van der Waals surface area contributed by atoms with Crippen LogP contribution in [0, 0.1) is 17.0 Å². The molecule has 21 heavy (non-hydrogen) atoms. The van der Waals surface area contributed by atoms with Gasteiger partial charge in [0.15, 0.2) is 11.9 Å². The molecule has 0 saturated heterocycles. The Balaban J connectivity index is 2.24. The zero-order chi connectivity index (χ0) is 15.6. The maximum Gasteiger partial charge on any atom is 0.371 e. The third-order valence-electron chi connectivity index (χ3n) is 2.85. The van der Waals surface area contributed by atoms with Crippen LogP contribution < -0.4 is 4.74 Å². The van der Waals surface area contributed by atoms with E-state index in [1.165, 1.54) is 24.3 Å². The van der Waals surface area contributed by atoms with E-state index in [1.807, 2.05) is 0 Å². The number of aromatic carboxylic acids is 1. The maximum absolute atomic E-state index is 11.0. The molecule has 2 rings (SSSR count). The Kier molecular flexibility index (Phi) is 3.93. The Labute approximate surface area is 119 Å². The van der Waals surface area contributed by atoms with E-state index in [0.29, 0.717) is 0 Å². The topological polar surface area (TPSA) is 103 Å². The van der Waals surface area contributed by atoms with Gasteiger partial charge in [0.2, 0.25) is 5.76 Å². The molecule has 1 aromatic heterocycles. The number of carboxylic acid groups (broad SMARTS) is 1. The zero-order valence-corrected chi connectivity index (χ0v) is 11.4. The lowest BCUT2D eigenvalue weighted by atomic mass is 10.2. The number of carboxylic acids is 1. The molecule has 0 radical (unpaired) electrons. The van der Waals surface area contributed by atoms with Crippen LogP contribution in [0.2, 0.25) is 0 Å². The van der Waals surface area contributed by atoms with Crippen LogP contribution >= 0.6 is 0 Å². The predicted octanol–water partition coefficient (Wildman–Crippen LogP) is 3.33. The summed E-state index contributed by atoms with van der Waals surface area (Å²) in [5.41, 5.74) is 0.597. The Morgan fingerprint density at radius 2 is 2.10 bits per heavy atom. The number of aryl methyl sites for hydroxylation is 1. The predicted molar refractivity (Wildman–Crippen MR) is 72.5 cm³/mol. The van der Waals surface area contributed by atoms with E-state index in [2.05, 4.69) is 0 Å². The second-order valence-corrected chi connectivity index (χ2v) is 4.50. The van der Waals surface area contributed by atoms with Gasteiger partial charge in [0.05, 0.1) is 4.92 Å². The fraction of sp³-hybridized carbons (Fsp3) is 0.214. The first-order chi connectivity index (χ1) is 9.88. The molecule has 110 valence electrons. The molecule has 2 aromatic rings. The van der Waals surface area contributed by atoms with E-state index in [0.717, 1.165) is 5.56 Å². The molecule has 1 aromatic carbocycles. The first-order valence-corrected chi connectivity index (χ1v) is 6.13. The number of nitrogens with zero attached hydrogens (tertiary/aromatic N) is 1. The quantitative estimate of drug-likeness (QED) is 0.669. The number of nitro groups is 1. The molecule has 0 bridgehead atoms. The van der Waals surface area contributed by atoms with Crippen molar-refractivity contribution in [3.05, 3.63) is 57.5 Å². The lowest BCUT2D eigenvalue weighted by Crippen LogP contribution is -2.04. The molecule has 1 heterocycles. The molecule has 7 nitrogen and oxygen atoms in total. The van der Waals surface area contributed by atoms with Gasteiger partial charge in [0.1, 0.15) is 5.76 Å². The second-order valence-electron chi connectivity index (χ2n) is 4.50. The summed E-state index contributed by atoms with van der Waals surface area (Å²) in [5, 5.41) is 19.8. The van der Waals surface area contributed by atoms with Crippen molar-refractivity contribution >= 4 is 11.7 Å².